The van der Waals surface area contributed by atoms with E-state index in [1.165, 1.54) is 11.3 Å². The molecule has 2 rings (SSSR count). The maximum atomic E-state index is 9.17. The van der Waals surface area contributed by atoms with Gasteiger partial charge in [-0.3, -0.25) is 0 Å². The molecule has 3 heteroatoms. The van der Waals surface area contributed by atoms with Gasteiger partial charge in [-0.1, -0.05) is 19.1 Å². The Morgan fingerprint density at radius 2 is 1.89 bits per heavy atom. The van der Waals surface area contributed by atoms with Crippen LogP contribution < -0.4 is 10.2 Å². The van der Waals surface area contributed by atoms with Crippen molar-refractivity contribution < 1.29 is 5.11 Å². The molecule has 3 nitrogen and oxygen atoms in total. The van der Waals surface area contributed by atoms with Gasteiger partial charge in [-0.25, -0.2) is 0 Å². The standard InChI is InChI=1S/C16H26N2O/c1-3-17-13(2)15-4-6-16(7-5-15)18-10-8-14(12-19)9-11-18/h4-7,13-14,17,19H,3,8-12H2,1-2H3. The quantitative estimate of drug-likeness (QED) is 0.856. The molecule has 19 heavy (non-hydrogen) atoms. The van der Waals surface area contributed by atoms with E-state index in [-0.39, 0.29) is 0 Å². The van der Waals surface area contributed by atoms with Crippen LogP contribution in [0.2, 0.25) is 0 Å². The second-order valence-electron chi connectivity index (χ2n) is 5.48. The highest BCUT2D eigenvalue weighted by Crippen LogP contribution is 2.24. The molecule has 0 aromatic heterocycles. The summed E-state index contributed by atoms with van der Waals surface area (Å²) in [5.74, 6) is 0.504. The van der Waals surface area contributed by atoms with Crippen LogP contribution in [0, 0.1) is 5.92 Å². The van der Waals surface area contributed by atoms with Crippen molar-refractivity contribution in [2.75, 3.05) is 31.1 Å². The molecule has 0 amide bonds. The second-order valence-corrected chi connectivity index (χ2v) is 5.48. The number of nitrogens with zero attached hydrogens (tertiary/aromatic N) is 1. The summed E-state index contributed by atoms with van der Waals surface area (Å²) >= 11 is 0. The van der Waals surface area contributed by atoms with E-state index in [0.29, 0.717) is 18.6 Å². The van der Waals surface area contributed by atoms with Crippen LogP contribution >= 0.6 is 0 Å². The minimum atomic E-state index is 0.340. The van der Waals surface area contributed by atoms with Crippen molar-refractivity contribution >= 4 is 5.69 Å². The van der Waals surface area contributed by atoms with Crippen LogP contribution in [0.25, 0.3) is 0 Å². The fraction of sp³-hybridized carbons (Fsp3) is 0.625. The molecule has 1 fully saturated rings. The first-order valence-corrected chi connectivity index (χ1v) is 7.43. The van der Waals surface area contributed by atoms with Crippen LogP contribution in [0.4, 0.5) is 5.69 Å². The molecule has 1 saturated heterocycles. The number of piperidine rings is 1. The van der Waals surface area contributed by atoms with Crippen LogP contribution in [0.1, 0.15) is 38.3 Å². The van der Waals surface area contributed by atoms with Gasteiger partial charge in [0.2, 0.25) is 0 Å². The number of nitrogens with one attached hydrogen (secondary N) is 1. The smallest absolute Gasteiger partial charge is 0.0460 e. The lowest BCUT2D eigenvalue weighted by atomic mass is 9.97. The number of benzene rings is 1. The highest BCUT2D eigenvalue weighted by molar-refractivity contribution is 5.48. The molecule has 1 aromatic carbocycles. The number of rotatable bonds is 5. The van der Waals surface area contributed by atoms with Crippen LogP contribution in [-0.2, 0) is 0 Å². The van der Waals surface area contributed by atoms with Gasteiger partial charge in [-0.2, -0.15) is 0 Å². The van der Waals surface area contributed by atoms with Crippen molar-refractivity contribution in [3.05, 3.63) is 29.8 Å². The van der Waals surface area contributed by atoms with Crippen LogP contribution in [0.15, 0.2) is 24.3 Å². The summed E-state index contributed by atoms with van der Waals surface area (Å²) in [6, 6.07) is 9.31. The molecule has 1 unspecified atom stereocenters. The van der Waals surface area contributed by atoms with Gasteiger partial charge < -0.3 is 15.3 Å². The molecule has 0 aliphatic carbocycles. The molecular formula is C16H26N2O. The minimum absolute atomic E-state index is 0.340. The summed E-state index contributed by atoms with van der Waals surface area (Å²) in [5.41, 5.74) is 2.65. The van der Waals surface area contributed by atoms with Crippen molar-refractivity contribution in [2.24, 2.45) is 5.92 Å². The fourth-order valence-corrected chi connectivity index (χ4v) is 2.77. The molecular weight excluding hydrogens is 236 g/mol. The molecule has 0 saturated carbocycles. The molecule has 2 N–H and O–H groups in total. The molecule has 0 radical (unpaired) electrons. The average Bonchev–Trinajstić information content (AvgIpc) is 2.48. The van der Waals surface area contributed by atoms with Crippen LogP contribution in [0.5, 0.6) is 0 Å². The first-order chi connectivity index (χ1) is 9.24. The van der Waals surface area contributed by atoms with Gasteiger partial charge in [0, 0.05) is 31.4 Å². The lowest BCUT2D eigenvalue weighted by Crippen LogP contribution is -2.34. The van der Waals surface area contributed by atoms with E-state index in [4.69, 9.17) is 0 Å². The van der Waals surface area contributed by atoms with E-state index in [2.05, 4.69) is 48.3 Å². The Labute approximate surface area is 116 Å². The van der Waals surface area contributed by atoms with Gasteiger partial charge >= 0.3 is 0 Å². The van der Waals surface area contributed by atoms with E-state index in [1.807, 2.05) is 0 Å². The maximum Gasteiger partial charge on any atom is 0.0460 e. The molecule has 1 heterocycles. The summed E-state index contributed by atoms with van der Waals surface area (Å²) < 4.78 is 0. The predicted molar refractivity (Wildman–Crippen MR) is 80.6 cm³/mol. The molecule has 1 aromatic rings. The van der Waals surface area contributed by atoms with Crippen molar-refractivity contribution in [1.29, 1.82) is 0 Å². The van der Waals surface area contributed by atoms with Gasteiger partial charge in [-0.15, -0.1) is 0 Å². The van der Waals surface area contributed by atoms with Gasteiger partial charge in [0.1, 0.15) is 0 Å². The normalized spacial score (nSPS) is 18.6. The van der Waals surface area contributed by atoms with E-state index in [9.17, 15) is 5.11 Å². The Hall–Kier alpha value is -1.06. The largest absolute Gasteiger partial charge is 0.396 e. The van der Waals surface area contributed by atoms with E-state index < -0.39 is 0 Å². The third-order valence-corrected chi connectivity index (χ3v) is 4.14. The second kappa shape index (κ2) is 6.92. The van der Waals surface area contributed by atoms with Gasteiger partial charge in [0.25, 0.3) is 0 Å². The lowest BCUT2D eigenvalue weighted by molar-refractivity contribution is 0.203. The first-order valence-electron chi connectivity index (χ1n) is 7.43. The zero-order valence-electron chi connectivity index (χ0n) is 12.1. The Morgan fingerprint density at radius 3 is 2.42 bits per heavy atom. The fourth-order valence-electron chi connectivity index (χ4n) is 2.77. The van der Waals surface area contributed by atoms with Crippen molar-refractivity contribution in [3.63, 3.8) is 0 Å². The highest BCUT2D eigenvalue weighted by atomic mass is 16.3. The van der Waals surface area contributed by atoms with Crippen molar-refractivity contribution in [1.82, 2.24) is 5.32 Å². The topological polar surface area (TPSA) is 35.5 Å². The van der Waals surface area contributed by atoms with Gasteiger partial charge in [0.15, 0.2) is 0 Å². The van der Waals surface area contributed by atoms with Crippen molar-refractivity contribution in [2.45, 2.75) is 32.7 Å². The Balaban J connectivity index is 1.95. The monoisotopic (exact) mass is 262 g/mol. The number of aliphatic hydroxyl groups excluding tert-OH is 1. The zero-order valence-corrected chi connectivity index (χ0v) is 12.1. The Morgan fingerprint density at radius 1 is 1.26 bits per heavy atom. The number of hydrogen-bond donors (Lipinski definition) is 2. The molecule has 1 aliphatic heterocycles. The average molecular weight is 262 g/mol. The number of anilines is 1. The Bertz CT molecular complexity index is 369. The summed E-state index contributed by atoms with van der Waals surface area (Å²) in [6.07, 6.45) is 2.21. The Kier molecular flexibility index (Phi) is 5.23. The maximum absolute atomic E-state index is 9.17. The third kappa shape index (κ3) is 3.71. The summed E-state index contributed by atoms with van der Waals surface area (Å²) in [6.45, 7) is 7.80. The highest BCUT2D eigenvalue weighted by Gasteiger charge is 2.18. The van der Waals surface area contributed by atoms with E-state index in [0.717, 1.165) is 32.5 Å². The summed E-state index contributed by atoms with van der Waals surface area (Å²) in [4.78, 5) is 2.42. The van der Waals surface area contributed by atoms with Crippen LogP contribution in [0.3, 0.4) is 0 Å². The third-order valence-electron chi connectivity index (χ3n) is 4.14. The lowest BCUT2D eigenvalue weighted by Gasteiger charge is -2.33. The van der Waals surface area contributed by atoms with E-state index in [1.54, 1.807) is 0 Å². The zero-order chi connectivity index (χ0) is 13.7. The summed E-state index contributed by atoms with van der Waals surface area (Å²) in [7, 11) is 0. The molecule has 0 bridgehead atoms. The van der Waals surface area contributed by atoms with E-state index >= 15 is 0 Å². The van der Waals surface area contributed by atoms with Crippen LogP contribution in [-0.4, -0.2) is 31.3 Å². The predicted octanol–water partition coefficient (Wildman–Crippen LogP) is 2.57. The molecule has 1 atom stereocenters. The number of hydrogen-bond acceptors (Lipinski definition) is 3. The van der Waals surface area contributed by atoms with Gasteiger partial charge in [-0.05, 0) is 49.9 Å². The molecule has 106 valence electrons. The SMILES string of the molecule is CCNC(C)c1ccc(N2CCC(CO)CC2)cc1. The van der Waals surface area contributed by atoms with Crippen molar-refractivity contribution in [3.8, 4) is 0 Å². The minimum Gasteiger partial charge on any atom is -0.396 e. The molecule has 1 aliphatic rings. The number of aliphatic hydroxyl groups is 1. The first kappa shape index (κ1) is 14.4. The van der Waals surface area contributed by atoms with Gasteiger partial charge in [0.05, 0.1) is 0 Å². The molecule has 0 spiro atoms. The summed E-state index contributed by atoms with van der Waals surface area (Å²) in [5, 5.41) is 12.6.